The zero-order chi connectivity index (χ0) is 12.5. The highest BCUT2D eigenvalue weighted by molar-refractivity contribution is 6.36. The largest absolute Gasteiger partial charge is 0.382 e. The molecule has 1 aromatic heterocycles. The van der Waals surface area contributed by atoms with Crippen LogP contribution in [-0.4, -0.2) is 9.78 Å². The number of nitrogens with two attached hydrogens (primary N) is 1. The van der Waals surface area contributed by atoms with Crippen LogP contribution in [-0.2, 0) is 6.54 Å². The SMILES string of the molecule is Nc1nn(CC2CCCCC2)c2cccc(Cl)c12. The van der Waals surface area contributed by atoms with Gasteiger partial charge in [0.05, 0.1) is 15.9 Å². The number of nitrogens with zero attached hydrogens (tertiary/aromatic N) is 2. The number of nitrogen functional groups attached to an aromatic ring is 1. The molecule has 1 heterocycles. The van der Waals surface area contributed by atoms with E-state index >= 15 is 0 Å². The third kappa shape index (κ3) is 2.07. The Morgan fingerprint density at radius 2 is 2.06 bits per heavy atom. The molecule has 0 aliphatic heterocycles. The van der Waals surface area contributed by atoms with Crippen LogP contribution in [0.2, 0.25) is 5.02 Å². The second kappa shape index (κ2) is 4.81. The third-order valence-corrected chi connectivity index (χ3v) is 4.23. The van der Waals surface area contributed by atoms with Gasteiger partial charge in [0.1, 0.15) is 0 Å². The van der Waals surface area contributed by atoms with E-state index < -0.39 is 0 Å². The maximum absolute atomic E-state index is 6.19. The highest BCUT2D eigenvalue weighted by Crippen LogP contribution is 2.31. The van der Waals surface area contributed by atoms with Crippen LogP contribution in [0.1, 0.15) is 32.1 Å². The predicted molar refractivity (Wildman–Crippen MR) is 75.7 cm³/mol. The first-order chi connectivity index (χ1) is 8.75. The molecule has 0 bridgehead atoms. The monoisotopic (exact) mass is 263 g/mol. The lowest BCUT2D eigenvalue weighted by atomic mass is 9.89. The first-order valence-electron chi connectivity index (χ1n) is 6.66. The van der Waals surface area contributed by atoms with Crippen LogP contribution >= 0.6 is 11.6 Å². The van der Waals surface area contributed by atoms with Crippen molar-refractivity contribution in [2.75, 3.05) is 5.73 Å². The van der Waals surface area contributed by atoms with Gasteiger partial charge in [-0.25, -0.2) is 0 Å². The summed E-state index contributed by atoms with van der Waals surface area (Å²) in [5.74, 6) is 1.28. The van der Waals surface area contributed by atoms with E-state index in [9.17, 15) is 0 Å². The van der Waals surface area contributed by atoms with Crippen LogP contribution in [0.25, 0.3) is 10.9 Å². The molecule has 1 aliphatic carbocycles. The Hall–Kier alpha value is -1.22. The Bertz CT molecular complexity index is 555. The van der Waals surface area contributed by atoms with E-state index in [4.69, 9.17) is 17.3 Å². The quantitative estimate of drug-likeness (QED) is 0.894. The van der Waals surface area contributed by atoms with Gasteiger partial charge in [-0.2, -0.15) is 5.10 Å². The minimum Gasteiger partial charge on any atom is -0.382 e. The van der Waals surface area contributed by atoms with Gasteiger partial charge in [-0.3, -0.25) is 4.68 Å². The summed E-state index contributed by atoms with van der Waals surface area (Å²) < 4.78 is 2.03. The van der Waals surface area contributed by atoms with E-state index in [1.165, 1.54) is 32.1 Å². The van der Waals surface area contributed by atoms with E-state index in [1.807, 2.05) is 22.9 Å². The molecule has 2 N–H and O–H groups in total. The molecule has 3 rings (SSSR count). The molecule has 2 aromatic rings. The second-order valence-corrected chi connectivity index (χ2v) is 5.61. The molecule has 96 valence electrons. The van der Waals surface area contributed by atoms with Crippen molar-refractivity contribution < 1.29 is 0 Å². The summed E-state index contributed by atoms with van der Waals surface area (Å²) in [7, 11) is 0. The Balaban J connectivity index is 1.94. The number of hydrogen-bond acceptors (Lipinski definition) is 2. The molecule has 0 radical (unpaired) electrons. The van der Waals surface area contributed by atoms with Crippen molar-refractivity contribution in [3.8, 4) is 0 Å². The lowest BCUT2D eigenvalue weighted by Gasteiger charge is -2.21. The van der Waals surface area contributed by atoms with Crippen LogP contribution in [0.5, 0.6) is 0 Å². The number of hydrogen-bond donors (Lipinski definition) is 1. The fourth-order valence-electron chi connectivity index (χ4n) is 2.97. The predicted octanol–water partition coefficient (Wildman–Crippen LogP) is 3.85. The minimum atomic E-state index is 0.548. The average Bonchev–Trinajstić information content (AvgIpc) is 2.69. The van der Waals surface area contributed by atoms with Gasteiger partial charge in [0.25, 0.3) is 0 Å². The molecular formula is C14H18ClN3. The number of fused-ring (bicyclic) bond motifs is 1. The Labute approximate surface area is 112 Å². The summed E-state index contributed by atoms with van der Waals surface area (Å²) in [5.41, 5.74) is 7.03. The molecule has 0 spiro atoms. The van der Waals surface area contributed by atoms with Gasteiger partial charge < -0.3 is 5.73 Å². The summed E-state index contributed by atoms with van der Waals surface area (Å²) in [5, 5.41) is 6.05. The number of halogens is 1. The van der Waals surface area contributed by atoms with Gasteiger partial charge in [-0.1, -0.05) is 36.9 Å². The van der Waals surface area contributed by atoms with Gasteiger partial charge in [-0.15, -0.1) is 0 Å². The van der Waals surface area contributed by atoms with Crippen LogP contribution in [0.15, 0.2) is 18.2 Å². The molecule has 0 atom stereocenters. The molecule has 4 heteroatoms. The Kier molecular flexibility index (Phi) is 3.16. The van der Waals surface area contributed by atoms with Gasteiger partial charge in [0.15, 0.2) is 5.82 Å². The van der Waals surface area contributed by atoms with E-state index in [0.717, 1.165) is 23.4 Å². The minimum absolute atomic E-state index is 0.548. The van der Waals surface area contributed by atoms with E-state index in [-0.39, 0.29) is 0 Å². The van der Waals surface area contributed by atoms with Crippen LogP contribution < -0.4 is 5.73 Å². The van der Waals surface area contributed by atoms with Gasteiger partial charge in [0.2, 0.25) is 0 Å². The highest BCUT2D eigenvalue weighted by atomic mass is 35.5. The lowest BCUT2D eigenvalue weighted by Crippen LogP contribution is -2.15. The standard InChI is InChI=1S/C14H18ClN3/c15-11-7-4-8-12-13(11)14(16)17-18(12)9-10-5-2-1-3-6-10/h4,7-8,10H,1-3,5-6,9H2,(H2,16,17). The van der Waals surface area contributed by atoms with Crippen LogP contribution in [0, 0.1) is 5.92 Å². The molecular weight excluding hydrogens is 246 g/mol. The second-order valence-electron chi connectivity index (χ2n) is 5.21. The van der Waals surface area contributed by atoms with Gasteiger partial charge >= 0.3 is 0 Å². The van der Waals surface area contributed by atoms with Crippen LogP contribution in [0.4, 0.5) is 5.82 Å². The Morgan fingerprint density at radius 1 is 1.28 bits per heavy atom. The molecule has 18 heavy (non-hydrogen) atoms. The van der Waals surface area contributed by atoms with Crippen LogP contribution in [0.3, 0.4) is 0 Å². The van der Waals surface area contributed by atoms with Gasteiger partial charge in [-0.05, 0) is 30.9 Å². The smallest absolute Gasteiger partial charge is 0.154 e. The molecule has 1 aliphatic rings. The fourth-order valence-corrected chi connectivity index (χ4v) is 3.24. The summed E-state index contributed by atoms with van der Waals surface area (Å²) in [4.78, 5) is 0. The molecule has 0 saturated heterocycles. The fraction of sp³-hybridized carbons (Fsp3) is 0.500. The topological polar surface area (TPSA) is 43.8 Å². The lowest BCUT2D eigenvalue weighted by molar-refractivity contribution is 0.312. The van der Waals surface area contributed by atoms with Crippen molar-refractivity contribution in [1.82, 2.24) is 9.78 Å². The first kappa shape index (κ1) is 11.8. The zero-order valence-electron chi connectivity index (χ0n) is 10.4. The molecule has 0 unspecified atom stereocenters. The molecule has 3 nitrogen and oxygen atoms in total. The number of anilines is 1. The van der Waals surface area contributed by atoms with Crippen molar-refractivity contribution in [3.05, 3.63) is 23.2 Å². The van der Waals surface area contributed by atoms with Gasteiger partial charge in [0, 0.05) is 6.54 Å². The van der Waals surface area contributed by atoms with E-state index in [0.29, 0.717) is 10.8 Å². The zero-order valence-corrected chi connectivity index (χ0v) is 11.2. The first-order valence-corrected chi connectivity index (χ1v) is 7.04. The van der Waals surface area contributed by atoms with Crippen molar-refractivity contribution in [3.63, 3.8) is 0 Å². The van der Waals surface area contributed by atoms with Crippen molar-refractivity contribution in [2.24, 2.45) is 5.92 Å². The summed E-state index contributed by atoms with van der Waals surface area (Å²) in [6.07, 6.45) is 6.69. The summed E-state index contributed by atoms with van der Waals surface area (Å²) >= 11 is 6.19. The third-order valence-electron chi connectivity index (χ3n) is 3.91. The van der Waals surface area contributed by atoms with Crippen molar-refractivity contribution >= 4 is 28.3 Å². The van der Waals surface area contributed by atoms with Crippen molar-refractivity contribution in [2.45, 2.75) is 38.6 Å². The molecule has 1 saturated carbocycles. The molecule has 1 aromatic carbocycles. The molecule has 1 fully saturated rings. The summed E-state index contributed by atoms with van der Waals surface area (Å²) in [6.45, 7) is 0.966. The number of aromatic nitrogens is 2. The van der Waals surface area contributed by atoms with E-state index in [2.05, 4.69) is 5.10 Å². The highest BCUT2D eigenvalue weighted by Gasteiger charge is 2.17. The average molecular weight is 264 g/mol. The summed E-state index contributed by atoms with van der Waals surface area (Å²) in [6, 6.07) is 5.88. The van der Waals surface area contributed by atoms with Crippen molar-refractivity contribution in [1.29, 1.82) is 0 Å². The normalized spacial score (nSPS) is 17.4. The maximum atomic E-state index is 6.19. The number of rotatable bonds is 2. The van der Waals surface area contributed by atoms with E-state index in [1.54, 1.807) is 0 Å². The number of benzene rings is 1. The maximum Gasteiger partial charge on any atom is 0.154 e. The molecule has 0 amide bonds. The Morgan fingerprint density at radius 3 is 2.83 bits per heavy atom.